The van der Waals surface area contributed by atoms with Crippen LogP contribution in [-0.2, 0) is 4.57 Å². The molecule has 0 saturated carbocycles. The number of aryl methyl sites for hydroxylation is 1. The minimum absolute atomic E-state index is 1.07. The van der Waals surface area contributed by atoms with E-state index in [9.17, 15) is 0 Å². The van der Waals surface area contributed by atoms with Gasteiger partial charge in [0.05, 0.1) is 0 Å². The van der Waals surface area contributed by atoms with Gasteiger partial charge in [-0.15, -0.1) is 0 Å². The zero-order valence-electron chi connectivity index (χ0n) is 5.16. The van der Waals surface area contributed by atoms with E-state index in [1.54, 1.807) is 15.3 Å². The molecule has 0 aliphatic carbocycles. The molecule has 0 radical (unpaired) electrons. The molecule has 0 unspecified atom stereocenters. The number of hydrogen-bond donors (Lipinski definition) is 0. The minimum atomic E-state index is 1.07. The molecule has 3 heteroatoms. The van der Waals surface area contributed by atoms with Gasteiger partial charge in [0, 0.05) is 11.9 Å². The van der Waals surface area contributed by atoms with Crippen LogP contribution in [0.3, 0.4) is 0 Å². The molecular weight excluding hydrogens is 133 g/mol. The molecule has 1 aromatic heterocycles. The molecular formula is C6H8NOP. The highest BCUT2D eigenvalue weighted by molar-refractivity contribution is 7.00. The fourth-order valence-electron chi connectivity index (χ4n) is 0.448. The first-order valence-corrected chi connectivity index (χ1v) is 2.88. The zero-order valence-corrected chi connectivity index (χ0v) is 6.16. The summed E-state index contributed by atoms with van der Waals surface area (Å²) in [7, 11) is 1.72. The lowest BCUT2D eigenvalue weighted by molar-refractivity contribution is 0.607. The summed E-state index contributed by atoms with van der Waals surface area (Å²) in [6.45, 7) is 1.97. The second-order valence-corrected chi connectivity index (χ2v) is 1.47. The Hall–Kier alpha value is -0.750. The Morgan fingerprint density at radius 1 is 1.44 bits per heavy atom. The Balaban J connectivity index is 0.000000291. The van der Waals surface area contributed by atoms with E-state index < -0.39 is 0 Å². The van der Waals surface area contributed by atoms with Gasteiger partial charge in [-0.25, -0.2) is 0 Å². The maximum atomic E-state index is 8.06. The lowest BCUT2D eigenvalue weighted by Gasteiger charge is -1.82. The Bertz CT molecular complexity index is 154. The van der Waals surface area contributed by atoms with Crippen LogP contribution in [0.1, 0.15) is 5.69 Å². The highest BCUT2D eigenvalue weighted by atomic mass is 31.0. The smallest absolute Gasteiger partial charge is 0.138 e. The van der Waals surface area contributed by atoms with Gasteiger partial charge < -0.3 is 0 Å². The van der Waals surface area contributed by atoms with E-state index in [0.717, 1.165) is 5.69 Å². The predicted molar refractivity (Wildman–Crippen MR) is 38.0 cm³/mol. The zero-order chi connectivity index (χ0) is 7.11. The van der Waals surface area contributed by atoms with Gasteiger partial charge in [0.1, 0.15) is 9.12 Å². The standard InChI is InChI=1S/C6H7N.HOP/c1-6-4-2-3-5-7-6;1-2/h2-5H,1H3;2H. The van der Waals surface area contributed by atoms with Crippen molar-refractivity contribution in [3.8, 4) is 0 Å². The van der Waals surface area contributed by atoms with Crippen LogP contribution in [0, 0.1) is 6.92 Å². The second kappa shape index (κ2) is 5.39. The largest absolute Gasteiger partial charge is 0.279 e. The molecule has 9 heavy (non-hydrogen) atoms. The van der Waals surface area contributed by atoms with Crippen LogP contribution in [-0.4, -0.2) is 4.98 Å². The SMILES string of the molecule is Cc1ccccn1.O=P. The average molecular weight is 141 g/mol. The Labute approximate surface area is 56.6 Å². The summed E-state index contributed by atoms with van der Waals surface area (Å²) in [5.74, 6) is 0. The molecule has 0 N–H and O–H groups in total. The molecule has 0 spiro atoms. The Kier molecular flexibility index (Phi) is 4.94. The van der Waals surface area contributed by atoms with Gasteiger partial charge >= 0.3 is 0 Å². The van der Waals surface area contributed by atoms with E-state index in [0.29, 0.717) is 0 Å². The molecule has 2 nitrogen and oxygen atoms in total. The van der Waals surface area contributed by atoms with Gasteiger partial charge in [-0.2, -0.15) is 0 Å². The topological polar surface area (TPSA) is 30.0 Å². The van der Waals surface area contributed by atoms with E-state index in [1.165, 1.54) is 0 Å². The van der Waals surface area contributed by atoms with E-state index in [2.05, 4.69) is 4.98 Å². The second-order valence-electron chi connectivity index (χ2n) is 1.47. The van der Waals surface area contributed by atoms with Gasteiger partial charge in [-0.1, -0.05) is 6.07 Å². The summed E-state index contributed by atoms with van der Waals surface area (Å²) in [5.41, 5.74) is 1.07. The van der Waals surface area contributed by atoms with Crippen molar-refractivity contribution in [3.63, 3.8) is 0 Å². The molecule has 0 aromatic carbocycles. The van der Waals surface area contributed by atoms with Crippen molar-refractivity contribution in [1.82, 2.24) is 4.98 Å². The van der Waals surface area contributed by atoms with Crippen molar-refractivity contribution in [3.05, 3.63) is 30.1 Å². The number of aromatic nitrogens is 1. The molecule has 1 heterocycles. The molecule has 1 aromatic rings. The molecule has 0 saturated heterocycles. The van der Waals surface area contributed by atoms with Gasteiger partial charge in [-0.05, 0) is 19.1 Å². The minimum Gasteiger partial charge on any atom is -0.279 e. The van der Waals surface area contributed by atoms with Crippen LogP contribution < -0.4 is 0 Å². The van der Waals surface area contributed by atoms with E-state index in [4.69, 9.17) is 4.57 Å². The Morgan fingerprint density at radius 2 is 2.11 bits per heavy atom. The van der Waals surface area contributed by atoms with Gasteiger partial charge in [-0.3, -0.25) is 9.55 Å². The number of nitrogens with zero attached hydrogens (tertiary/aromatic N) is 1. The van der Waals surface area contributed by atoms with Crippen LogP contribution in [0.4, 0.5) is 0 Å². The van der Waals surface area contributed by atoms with Crippen molar-refractivity contribution in [2.45, 2.75) is 6.92 Å². The third-order valence-electron chi connectivity index (χ3n) is 0.813. The van der Waals surface area contributed by atoms with Gasteiger partial charge in [0.2, 0.25) is 0 Å². The third kappa shape index (κ3) is 3.80. The van der Waals surface area contributed by atoms with Gasteiger partial charge in [0.25, 0.3) is 0 Å². The summed E-state index contributed by atoms with van der Waals surface area (Å²) in [6.07, 6.45) is 1.79. The Morgan fingerprint density at radius 3 is 2.33 bits per heavy atom. The molecule has 0 atom stereocenters. The van der Waals surface area contributed by atoms with Crippen molar-refractivity contribution in [2.75, 3.05) is 0 Å². The van der Waals surface area contributed by atoms with Crippen molar-refractivity contribution in [1.29, 1.82) is 0 Å². The molecule has 0 aliphatic rings. The summed E-state index contributed by atoms with van der Waals surface area (Å²) in [4.78, 5) is 3.98. The van der Waals surface area contributed by atoms with Crippen molar-refractivity contribution < 1.29 is 4.57 Å². The van der Waals surface area contributed by atoms with Crippen LogP contribution in [0.15, 0.2) is 24.4 Å². The maximum Gasteiger partial charge on any atom is 0.138 e. The summed E-state index contributed by atoms with van der Waals surface area (Å²) >= 11 is 0. The average Bonchev–Trinajstić information content (AvgIpc) is 1.94. The number of hydrogen-bond acceptors (Lipinski definition) is 2. The first-order chi connectivity index (χ1) is 4.39. The molecule has 1 rings (SSSR count). The maximum absolute atomic E-state index is 8.06. The number of rotatable bonds is 0. The lowest BCUT2D eigenvalue weighted by Crippen LogP contribution is -1.72. The highest BCUT2D eigenvalue weighted by Crippen LogP contribution is 1.85. The van der Waals surface area contributed by atoms with Crippen LogP contribution in [0.2, 0.25) is 0 Å². The van der Waals surface area contributed by atoms with Crippen LogP contribution in [0.5, 0.6) is 0 Å². The third-order valence-corrected chi connectivity index (χ3v) is 0.813. The monoisotopic (exact) mass is 141 g/mol. The van der Waals surface area contributed by atoms with E-state index in [-0.39, 0.29) is 0 Å². The van der Waals surface area contributed by atoms with Crippen molar-refractivity contribution >= 4 is 9.12 Å². The quantitative estimate of drug-likeness (QED) is 0.516. The van der Waals surface area contributed by atoms with Crippen LogP contribution in [0.25, 0.3) is 0 Å². The summed E-state index contributed by atoms with van der Waals surface area (Å²) in [6, 6.07) is 5.86. The first-order valence-electron chi connectivity index (χ1n) is 2.47. The molecule has 48 valence electrons. The predicted octanol–water partition coefficient (Wildman–Crippen LogP) is 1.86. The highest BCUT2D eigenvalue weighted by Gasteiger charge is 1.73. The van der Waals surface area contributed by atoms with Crippen LogP contribution >= 0.6 is 9.12 Å². The summed E-state index contributed by atoms with van der Waals surface area (Å²) in [5, 5.41) is 0. The van der Waals surface area contributed by atoms with Crippen molar-refractivity contribution in [2.24, 2.45) is 0 Å². The fourth-order valence-corrected chi connectivity index (χ4v) is 0.448. The lowest BCUT2D eigenvalue weighted by atomic mass is 10.4. The van der Waals surface area contributed by atoms with Gasteiger partial charge in [0.15, 0.2) is 0 Å². The molecule has 0 bridgehead atoms. The van der Waals surface area contributed by atoms with E-state index in [1.807, 2.05) is 25.1 Å². The number of pyridine rings is 1. The molecule has 0 amide bonds. The first kappa shape index (κ1) is 8.25. The summed E-state index contributed by atoms with van der Waals surface area (Å²) < 4.78 is 8.06. The normalized spacial score (nSPS) is 7.22. The van der Waals surface area contributed by atoms with E-state index >= 15 is 0 Å². The fraction of sp³-hybridized carbons (Fsp3) is 0.167. The molecule has 0 fully saturated rings. The molecule has 0 aliphatic heterocycles.